The molecule has 3 heterocycles. The molecule has 0 saturated carbocycles. The monoisotopic (exact) mass is 371 g/mol. The van der Waals surface area contributed by atoms with Gasteiger partial charge in [0, 0.05) is 43.0 Å². The van der Waals surface area contributed by atoms with Gasteiger partial charge >= 0.3 is 0 Å². The molecule has 0 unspecified atom stereocenters. The van der Waals surface area contributed by atoms with Gasteiger partial charge in [-0.3, -0.25) is 4.79 Å². The van der Waals surface area contributed by atoms with Gasteiger partial charge in [0.05, 0.1) is 7.11 Å². The maximum Gasteiger partial charge on any atom is 0.259 e. The Balaban J connectivity index is 1.50. The highest BCUT2D eigenvalue weighted by Gasteiger charge is 2.29. The predicted octanol–water partition coefficient (Wildman–Crippen LogP) is 3.87. The van der Waals surface area contributed by atoms with E-state index in [0.717, 1.165) is 36.0 Å². The van der Waals surface area contributed by atoms with E-state index in [2.05, 4.69) is 9.97 Å². The largest absolute Gasteiger partial charge is 0.497 e. The number of hydrogen-bond donors (Lipinski definition) is 1. The molecule has 5 nitrogen and oxygen atoms in total. The van der Waals surface area contributed by atoms with Gasteiger partial charge < -0.3 is 14.6 Å². The van der Waals surface area contributed by atoms with Gasteiger partial charge in [-0.1, -0.05) is 0 Å². The number of piperidine rings is 1. The summed E-state index contributed by atoms with van der Waals surface area (Å²) in [5, 5.41) is 1.08. The van der Waals surface area contributed by atoms with Gasteiger partial charge in [-0.2, -0.15) is 0 Å². The van der Waals surface area contributed by atoms with Gasteiger partial charge in [0.2, 0.25) is 0 Å². The van der Waals surface area contributed by atoms with Crippen molar-refractivity contribution >= 4 is 16.9 Å². The number of aromatic amines is 1. The van der Waals surface area contributed by atoms with Gasteiger partial charge in [0.15, 0.2) is 0 Å². The zero-order valence-corrected chi connectivity index (χ0v) is 14.8. The number of rotatable bonds is 3. The molecule has 7 heteroatoms. The number of ether oxygens (including phenoxy) is 1. The first-order valence-electron chi connectivity index (χ1n) is 8.82. The first-order chi connectivity index (χ1) is 13.1. The van der Waals surface area contributed by atoms with Gasteiger partial charge in [-0.05, 0) is 36.5 Å². The molecule has 0 bridgehead atoms. The van der Waals surface area contributed by atoms with Crippen molar-refractivity contribution in [3.05, 3.63) is 59.4 Å². The topological polar surface area (TPSA) is 58.2 Å². The number of methoxy groups -OCH3 is 1. The summed E-state index contributed by atoms with van der Waals surface area (Å²) in [6.07, 6.45) is 5.16. The van der Waals surface area contributed by atoms with E-state index in [1.54, 1.807) is 6.20 Å². The second-order valence-corrected chi connectivity index (χ2v) is 6.68. The van der Waals surface area contributed by atoms with Crippen LogP contribution in [0.4, 0.5) is 8.78 Å². The summed E-state index contributed by atoms with van der Waals surface area (Å²) < 4.78 is 33.2. The van der Waals surface area contributed by atoms with E-state index in [4.69, 9.17) is 4.74 Å². The number of halogens is 2. The van der Waals surface area contributed by atoms with Crippen molar-refractivity contribution in [1.82, 2.24) is 14.9 Å². The standard InChI is InChI=1S/C20H19F2N3O2/c1-27-13-9-16(21)18(17(22)10-13)20(26)25-7-4-12(5-8-25)15-11-24-19-14(15)3-2-6-23-19/h2-3,6,9-12H,4-5,7-8H2,1H3,(H,23,24). The van der Waals surface area contributed by atoms with E-state index in [9.17, 15) is 13.6 Å². The second kappa shape index (κ2) is 6.98. The minimum absolute atomic E-state index is 0.0493. The molecule has 0 atom stereocenters. The average molecular weight is 371 g/mol. The van der Waals surface area contributed by atoms with Crippen LogP contribution in [0.5, 0.6) is 5.75 Å². The average Bonchev–Trinajstić information content (AvgIpc) is 3.11. The van der Waals surface area contributed by atoms with Crippen molar-refractivity contribution in [3.63, 3.8) is 0 Å². The van der Waals surface area contributed by atoms with Crippen LogP contribution in [0, 0.1) is 11.6 Å². The molecule has 0 radical (unpaired) electrons. The fourth-order valence-corrected chi connectivity index (χ4v) is 3.74. The normalized spacial score (nSPS) is 15.3. The minimum atomic E-state index is -0.901. The minimum Gasteiger partial charge on any atom is -0.497 e. The lowest BCUT2D eigenvalue weighted by atomic mass is 9.89. The highest BCUT2D eigenvalue weighted by atomic mass is 19.1. The van der Waals surface area contributed by atoms with Crippen LogP contribution in [0.3, 0.4) is 0 Å². The number of likely N-dealkylation sites (tertiary alicyclic amines) is 1. The molecule has 3 aromatic rings. The molecule has 0 aliphatic carbocycles. The Morgan fingerprint density at radius 1 is 1.26 bits per heavy atom. The molecule has 1 fully saturated rings. The molecule has 1 saturated heterocycles. The highest BCUT2D eigenvalue weighted by molar-refractivity contribution is 5.95. The number of nitrogens with one attached hydrogen (secondary N) is 1. The SMILES string of the molecule is COc1cc(F)c(C(=O)N2CCC(c3c[nH]c4ncccc34)CC2)c(F)c1. The summed E-state index contributed by atoms with van der Waals surface area (Å²) in [5.74, 6) is -2.10. The zero-order chi connectivity index (χ0) is 19.0. The number of carbonyl (C=O) groups excluding carboxylic acids is 1. The highest BCUT2D eigenvalue weighted by Crippen LogP contribution is 2.33. The summed E-state index contributed by atoms with van der Waals surface area (Å²) in [5.41, 5.74) is 1.49. The Kier molecular flexibility index (Phi) is 4.51. The summed E-state index contributed by atoms with van der Waals surface area (Å²) in [6, 6.07) is 5.98. The van der Waals surface area contributed by atoms with E-state index >= 15 is 0 Å². The number of benzene rings is 1. The molecule has 1 aromatic carbocycles. The third-order valence-electron chi connectivity index (χ3n) is 5.17. The van der Waals surface area contributed by atoms with Gasteiger partial charge in [-0.15, -0.1) is 0 Å². The number of pyridine rings is 1. The third-order valence-corrected chi connectivity index (χ3v) is 5.17. The number of carbonyl (C=O) groups is 1. The molecule has 0 spiro atoms. The number of H-pyrrole nitrogens is 1. The smallest absolute Gasteiger partial charge is 0.259 e. The Labute approximate surface area is 155 Å². The van der Waals surface area contributed by atoms with E-state index < -0.39 is 23.1 Å². The van der Waals surface area contributed by atoms with Crippen LogP contribution in [0.15, 0.2) is 36.7 Å². The lowest BCUT2D eigenvalue weighted by Gasteiger charge is -2.32. The van der Waals surface area contributed by atoms with Crippen LogP contribution in [-0.4, -0.2) is 41.0 Å². The lowest BCUT2D eigenvalue weighted by Crippen LogP contribution is -2.38. The molecule has 140 valence electrons. The lowest BCUT2D eigenvalue weighted by molar-refractivity contribution is 0.0703. The molecular formula is C20H19F2N3O2. The van der Waals surface area contributed by atoms with Crippen molar-refractivity contribution in [2.24, 2.45) is 0 Å². The number of aromatic nitrogens is 2. The van der Waals surface area contributed by atoms with Crippen LogP contribution in [0.2, 0.25) is 0 Å². The third kappa shape index (κ3) is 3.13. The number of hydrogen-bond acceptors (Lipinski definition) is 3. The van der Waals surface area contributed by atoms with E-state index in [-0.39, 0.29) is 11.7 Å². The fraction of sp³-hybridized carbons (Fsp3) is 0.300. The van der Waals surface area contributed by atoms with Crippen molar-refractivity contribution in [1.29, 1.82) is 0 Å². The van der Waals surface area contributed by atoms with Crippen LogP contribution in [0.25, 0.3) is 11.0 Å². The molecule has 1 amide bonds. The first-order valence-corrected chi connectivity index (χ1v) is 8.82. The van der Waals surface area contributed by atoms with E-state index in [1.165, 1.54) is 17.6 Å². The summed E-state index contributed by atoms with van der Waals surface area (Å²) in [6.45, 7) is 0.892. The quantitative estimate of drug-likeness (QED) is 0.760. The maximum absolute atomic E-state index is 14.2. The van der Waals surface area contributed by atoms with Crippen LogP contribution >= 0.6 is 0 Å². The van der Waals surface area contributed by atoms with Crippen LogP contribution in [0.1, 0.15) is 34.7 Å². The van der Waals surface area contributed by atoms with Crippen molar-refractivity contribution in [2.75, 3.05) is 20.2 Å². The van der Waals surface area contributed by atoms with Gasteiger partial charge in [0.25, 0.3) is 5.91 Å². The molecule has 4 rings (SSSR count). The number of fused-ring (bicyclic) bond motifs is 1. The Morgan fingerprint density at radius 2 is 1.96 bits per heavy atom. The summed E-state index contributed by atoms with van der Waals surface area (Å²) in [7, 11) is 1.32. The molecule has 1 aliphatic heterocycles. The first kappa shape index (κ1) is 17.5. The molecule has 1 aliphatic rings. The van der Waals surface area contributed by atoms with Gasteiger partial charge in [-0.25, -0.2) is 13.8 Å². The number of amides is 1. The van der Waals surface area contributed by atoms with E-state index in [1.807, 2.05) is 18.3 Å². The Morgan fingerprint density at radius 3 is 2.63 bits per heavy atom. The molecule has 27 heavy (non-hydrogen) atoms. The van der Waals surface area contributed by atoms with Crippen LogP contribution in [-0.2, 0) is 0 Å². The summed E-state index contributed by atoms with van der Waals surface area (Å²) >= 11 is 0. The second-order valence-electron chi connectivity index (χ2n) is 6.68. The van der Waals surface area contributed by atoms with Crippen molar-refractivity contribution < 1.29 is 18.3 Å². The van der Waals surface area contributed by atoms with E-state index in [0.29, 0.717) is 13.1 Å². The summed E-state index contributed by atoms with van der Waals surface area (Å²) in [4.78, 5) is 21.6. The predicted molar refractivity (Wildman–Crippen MR) is 96.9 cm³/mol. The van der Waals surface area contributed by atoms with Crippen LogP contribution < -0.4 is 4.74 Å². The Bertz CT molecular complexity index is 971. The van der Waals surface area contributed by atoms with Gasteiger partial charge in [0.1, 0.15) is 28.6 Å². The fourth-order valence-electron chi connectivity index (χ4n) is 3.74. The number of nitrogens with zero attached hydrogens (tertiary/aromatic N) is 2. The molecule has 1 N–H and O–H groups in total. The molecular weight excluding hydrogens is 352 g/mol. The zero-order valence-electron chi connectivity index (χ0n) is 14.8. The molecule has 2 aromatic heterocycles. The maximum atomic E-state index is 14.2. The Hall–Kier alpha value is -2.96. The van der Waals surface area contributed by atoms with Crippen molar-refractivity contribution in [3.8, 4) is 5.75 Å². The van der Waals surface area contributed by atoms with Crippen molar-refractivity contribution in [2.45, 2.75) is 18.8 Å².